The predicted octanol–water partition coefficient (Wildman–Crippen LogP) is 1.61. The Morgan fingerprint density at radius 3 is 2.75 bits per heavy atom. The summed E-state index contributed by atoms with van der Waals surface area (Å²) >= 11 is 0. The molecule has 2 aromatic rings. The van der Waals surface area contributed by atoms with E-state index in [1.807, 2.05) is 0 Å². The highest BCUT2D eigenvalue weighted by molar-refractivity contribution is 5.97. The molecule has 20 heavy (non-hydrogen) atoms. The fraction of sp³-hybridized carbons (Fsp3) is 0.286. The lowest BCUT2D eigenvalue weighted by molar-refractivity contribution is -0.119. The molecule has 106 valence electrons. The molecular weight excluding hydrogens is 259 g/mol. The van der Waals surface area contributed by atoms with Crippen LogP contribution in [0.3, 0.4) is 0 Å². The Hall–Kier alpha value is -2.21. The van der Waals surface area contributed by atoms with Gasteiger partial charge in [-0.05, 0) is 19.1 Å². The van der Waals surface area contributed by atoms with Gasteiger partial charge in [0.25, 0.3) is 0 Å². The first-order chi connectivity index (χ1) is 9.54. The second-order valence-electron chi connectivity index (χ2n) is 4.46. The average Bonchev–Trinajstić information content (AvgIpc) is 2.87. The van der Waals surface area contributed by atoms with Crippen molar-refractivity contribution < 1.29 is 9.18 Å². The number of aromatic nitrogens is 2. The largest absolute Gasteiger partial charge is 0.316 e. The van der Waals surface area contributed by atoms with Crippen molar-refractivity contribution in [1.29, 1.82) is 0 Å². The maximum Gasteiger partial charge on any atom is 0.248 e. The quantitative estimate of drug-likeness (QED) is 0.922. The van der Waals surface area contributed by atoms with Gasteiger partial charge in [0, 0.05) is 25.4 Å². The third kappa shape index (κ3) is 2.70. The van der Waals surface area contributed by atoms with Gasteiger partial charge in [-0.3, -0.25) is 9.48 Å². The summed E-state index contributed by atoms with van der Waals surface area (Å²) in [5.74, 6) is -0.799. The van der Waals surface area contributed by atoms with E-state index in [2.05, 4.69) is 5.10 Å². The number of hydrogen-bond donors (Lipinski definition) is 1. The van der Waals surface area contributed by atoms with Gasteiger partial charge in [0.05, 0.1) is 11.9 Å². The van der Waals surface area contributed by atoms with Crippen molar-refractivity contribution >= 4 is 11.6 Å². The van der Waals surface area contributed by atoms with Crippen molar-refractivity contribution in [3.8, 4) is 0 Å². The van der Waals surface area contributed by atoms with Crippen LogP contribution < -0.4 is 10.6 Å². The minimum atomic E-state index is -0.858. The van der Waals surface area contributed by atoms with Crippen molar-refractivity contribution in [1.82, 2.24) is 9.78 Å². The third-order valence-electron chi connectivity index (χ3n) is 3.08. The van der Waals surface area contributed by atoms with Crippen LogP contribution in [0.15, 0.2) is 36.7 Å². The summed E-state index contributed by atoms with van der Waals surface area (Å²) < 4.78 is 15.4. The molecule has 1 atom stereocenters. The monoisotopic (exact) mass is 276 g/mol. The number of nitrogens with zero attached hydrogens (tertiary/aromatic N) is 3. The minimum Gasteiger partial charge on any atom is -0.316 e. The summed E-state index contributed by atoms with van der Waals surface area (Å²) in [6.45, 7) is 2.12. The number of hydrogen-bond acceptors (Lipinski definition) is 3. The van der Waals surface area contributed by atoms with Crippen LogP contribution in [0.2, 0.25) is 0 Å². The zero-order valence-corrected chi connectivity index (χ0v) is 11.5. The van der Waals surface area contributed by atoms with Gasteiger partial charge in [0.2, 0.25) is 5.91 Å². The molecule has 1 unspecified atom stereocenters. The number of aryl methyl sites for hydroxylation is 1. The number of nitrogens with two attached hydrogens (primary N) is 1. The molecule has 0 aliphatic heterocycles. The van der Waals surface area contributed by atoms with E-state index in [1.54, 1.807) is 43.0 Å². The topological polar surface area (TPSA) is 64.2 Å². The van der Waals surface area contributed by atoms with Crippen molar-refractivity contribution in [3.63, 3.8) is 0 Å². The normalized spacial score (nSPS) is 12.2. The van der Waals surface area contributed by atoms with Crippen LogP contribution in [-0.4, -0.2) is 22.2 Å². The standard InChI is InChI=1S/C14H17FN4O/c1-3-19(12-7-5-4-6-11(12)15)14(20)13(16)10-8-17-18(2)9-10/h4-9,13H,3,16H2,1-2H3. The number of carbonyl (C=O) groups is 1. The second kappa shape index (κ2) is 5.83. The summed E-state index contributed by atoms with van der Waals surface area (Å²) in [6.07, 6.45) is 3.22. The molecule has 0 fully saturated rings. The molecule has 0 spiro atoms. The lowest BCUT2D eigenvalue weighted by Gasteiger charge is -2.24. The summed E-state index contributed by atoms with van der Waals surface area (Å²) in [5.41, 5.74) is 6.79. The maximum absolute atomic E-state index is 13.8. The Morgan fingerprint density at radius 2 is 2.20 bits per heavy atom. The highest BCUT2D eigenvalue weighted by atomic mass is 19.1. The zero-order chi connectivity index (χ0) is 14.7. The van der Waals surface area contributed by atoms with E-state index in [4.69, 9.17) is 5.73 Å². The molecule has 0 aliphatic rings. The molecule has 0 saturated carbocycles. The molecule has 0 saturated heterocycles. The van der Waals surface area contributed by atoms with E-state index in [9.17, 15) is 9.18 Å². The first kappa shape index (κ1) is 14.2. The van der Waals surface area contributed by atoms with Gasteiger partial charge in [0.15, 0.2) is 0 Å². The van der Waals surface area contributed by atoms with Gasteiger partial charge in [-0.1, -0.05) is 12.1 Å². The first-order valence-corrected chi connectivity index (χ1v) is 6.34. The van der Waals surface area contributed by atoms with Crippen molar-refractivity contribution in [2.75, 3.05) is 11.4 Å². The second-order valence-corrected chi connectivity index (χ2v) is 4.46. The van der Waals surface area contributed by atoms with Gasteiger partial charge < -0.3 is 10.6 Å². The number of amides is 1. The molecule has 5 nitrogen and oxygen atoms in total. The van der Waals surface area contributed by atoms with Crippen LogP contribution in [0.4, 0.5) is 10.1 Å². The Bertz CT molecular complexity index is 611. The number of benzene rings is 1. The molecule has 0 radical (unpaired) electrons. The molecule has 0 aliphatic carbocycles. The van der Waals surface area contributed by atoms with E-state index < -0.39 is 11.9 Å². The highest BCUT2D eigenvalue weighted by Crippen LogP contribution is 2.22. The van der Waals surface area contributed by atoms with Gasteiger partial charge in [0.1, 0.15) is 11.9 Å². The van der Waals surface area contributed by atoms with E-state index >= 15 is 0 Å². The van der Waals surface area contributed by atoms with E-state index in [0.717, 1.165) is 0 Å². The van der Waals surface area contributed by atoms with Crippen LogP contribution in [0.25, 0.3) is 0 Å². The Balaban J connectivity index is 2.28. The molecule has 1 amide bonds. The number of rotatable bonds is 4. The molecule has 1 heterocycles. The Kier molecular flexibility index (Phi) is 4.14. The third-order valence-corrected chi connectivity index (χ3v) is 3.08. The first-order valence-electron chi connectivity index (χ1n) is 6.34. The van der Waals surface area contributed by atoms with E-state index in [1.165, 1.54) is 17.2 Å². The maximum atomic E-state index is 13.8. The molecule has 1 aromatic heterocycles. The highest BCUT2D eigenvalue weighted by Gasteiger charge is 2.25. The molecule has 2 rings (SSSR count). The van der Waals surface area contributed by atoms with Gasteiger partial charge in [-0.15, -0.1) is 0 Å². The van der Waals surface area contributed by atoms with Crippen molar-refractivity contribution in [2.45, 2.75) is 13.0 Å². The van der Waals surface area contributed by atoms with Crippen molar-refractivity contribution in [2.24, 2.45) is 12.8 Å². The fourth-order valence-electron chi connectivity index (χ4n) is 2.03. The Labute approximate surface area is 116 Å². The lowest BCUT2D eigenvalue weighted by atomic mass is 10.1. The van der Waals surface area contributed by atoms with Gasteiger partial charge in [-0.2, -0.15) is 5.10 Å². The number of para-hydroxylation sites is 1. The summed E-state index contributed by atoms with van der Waals surface area (Å²) in [5, 5.41) is 3.99. The zero-order valence-electron chi connectivity index (χ0n) is 11.5. The van der Waals surface area contributed by atoms with E-state index in [-0.39, 0.29) is 11.6 Å². The number of halogens is 1. The van der Waals surface area contributed by atoms with Gasteiger partial charge in [-0.25, -0.2) is 4.39 Å². The minimum absolute atomic E-state index is 0.236. The van der Waals surface area contributed by atoms with Crippen LogP contribution >= 0.6 is 0 Å². The smallest absolute Gasteiger partial charge is 0.248 e. The molecule has 6 heteroatoms. The van der Waals surface area contributed by atoms with Crippen LogP contribution in [0.1, 0.15) is 18.5 Å². The van der Waals surface area contributed by atoms with Crippen LogP contribution in [0, 0.1) is 5.82 Å². The Morgan fingerprint density at radius 1 is 1.50 bits per heavy atom. The molecule has 1 aromatic carbocycles. The fourth-order valence-corrected chi connectivity index (χ4v) is 2.03. The van der Waals surface area contributed by atoms with E-state index in [0.29, 0.717) is 12.1 Å². The number of likely N-dealkylation sites (N-methyl/N-ethyl adjacent to an activating group) is 1. The van der Waals surface area contributed by atoms with Crippen molar-refractivity contribution in [3.05, 3.63) is 48.0 Å². The SMILES string of the molecule is CCN(C(=O)C(N)c1cnn(C)c1)c1ccccc1F. The number of carbonyl (C=O) groups excluding carboxylic acids is 1. The summed E-state index contributed by atoms with van der Waals surface area (Å²) in [4.78, 5) is 13.8. The molecule has 0 bridgehead atoms. The predicted molar refractivity (Wildman–Crippen MR) is 74.6 cm³/mol. The molecular formula is C14H17FN4O. The lowest BCUT2D eigenvalue weighted by Crippen LogP contribution is -2.39. The average molecular weight is 276 g/mol. The van der Waals surface area contributed by atoms with Crippen LogP contribution in [-0.2, 0) is 11.8 Å². The van der Waals surface area contributed by atoms with Crippen LogP contribution in [0.5, 0.6) is 0 Å². The summed E-state index contributed by atoms with van der Waals surface area (Å²) in [6, 6.07) is 5.29. The molecule has 2 N–H and O–H groups in total. The van der Waals surface area contributed by atoms with Gasteiger partial charge >= 0.3 is 0 Å². The number of anilines is 1. The summed E-state index contributed by atoms with van der Waals surface area (Å²) in [7, 11) is 1.75.